The highest BCUT2D eigenvalue weighted by molar-refractivity contribution is 5.71. The minimum Gasteiger partial charge on any atom is -0.494 e. The van der Waals surface area contributed by atoms with Crippen LogP contribution in [0.25, 0.3) is 0 Å². The topological polar surface area (TPSA) is 35.5 Å². The minimum atomic E-state index is -0.186. The third kappa shape index (κ3) is 7.74. The Balaban J connectivity index is 2.62. The van der Waals surface area contributed by atoms with Crippen LogP contribution in [0.2, 0.25) is 0 Å². The highest BCUT2D eigenvalue weighted by Gasteiger charge is 2.15. The summed E-state index contributed by atoms with van der Waals surface area (Å²) in [5, 5.41) is 0. The lowest BCUT2D eigenvalue weighted by atomic mass is 9.96. The van der Waals surface area contributed by atoms with Gasteiger partial charge in [0.05, 0.1) is 25.6 Å². The molecule has 0 saturated carbocycles. The van der Waals surface area contributed by atoms with E-state index in [1.807, 2.05) is 24.3 Å². The molecule has 3 nitrogen and oxygen atoms in total. The van der Waals surface area contributed by atoms with Crippen molar-refractivity contribution in [2.45, 2.75) is 58.8 Å². The molecule has 0 fully saturated rings. The maximum absolute atomic E-state index is 11.9. The van der Waals surface area contributed by atoms with Crippen molar-refractivity contribution in [1.82, 2.24) is 0 Å². The summed E-state index contributed by atoms with van der Waals surface area (Å²) in [7, 11) is 0. The Kier molecular flexibility index (Phi) is 9.63. The summed E-state index contributed by atoms with van der Waals surface area (Å²) < 4.78 is 10.9. The zero-order valence-electron chi connectivity index (χ0n) is 14.6. The van der Waals surface area contributed by atoms with Gasteiger partial charge in [-0.1, -0.05) is 44.7 Å². The number of carbonyl (C=O) groups is 1. The summed E-state index contributed by atoms with van der Waals surface area (Å²) in [5.74, 6) is 6.55. The molecule has 0 amide bonds. The van der Waals surface area contributed by atoms with Crippen molar-refractivity contribution in [3.05, 3.63) is 29.8 Å². The van der Waals surface area contributed by atoms with E-state index >= 15 is 0 Å². The van der Waals surface area contributed by atoms with Crippen molar-refractivity contribution < 1.29 is 14.3 Å². The van der Waals surface area contributed by atoms with Gasteiger partial charge in [0.25, 0.3) is 0 Å². The lowest BCUT2D eigenvalue weighted by Gasteiger charge is -2.12. The second kappa shape index (κ2) is 11.6. The molecule has 1 atom stereocenters. The Bertz CT molecular complexity index is 508. The number of carbonyl (C=O) groups excluding carboxylic acids is 1. The first-order chi connectivity index (χ1) is 11.2. The fraction of sp³-hybridized carbons (Fsp3) is 0.550. The first-order valence-electron chi connectivity index (χ1n) is 8.51. The van der Waals surface area contributed by atoms with Crippen LogP contribution < -0.4 is 4.74 Å². The molecule has 0 aliphatic rings. The van der Waals surface area contributed by atoms with Gasteiger partial charge in [-0.05, 0) is 37.5 Å². The second-order valence-electron chi connectivity index (χ2n) is 5.50. The summed E-state index contributed by atoms with van der Waals surface area (Å²) in [6.07, 6.45) is 4.38. The average molecular weight is 316 g/mol. The first kappa shape index (κ1) is 19.1. The smallest absolute Gasteiger partial charge is 0.307 e. The summed E-state index contributed by atoms with van der Waals surface area (Å²) >= 11 is 0. The average Bonchev–Trinajstić information content (AvgIpc) is 2.56. The van der Waals surface area contributed by atoms with Crippen molar-refractivity contribution in [3.63, 3.8) is 0 Å². The summed E-state index contributed by atoms with van der Waals surface area (Å²) in [6, 6.07) is 7.85. The number of unbranched alkanes of at least 4 members (excludes halogenated alkanes) is 2. The molecule has 126 valence electrons. The third-order valence-corrected chi connectivity index (χ3v) is 3.50. The molecule has 1 rings (SSSR count). The molecule has 1 aromatic carbocycles. The Morgan fingerprint density at radius 3 is 2.35 bits per heavy atom. The molecule has 0 spiro atoms. The molecule has 1 unspecified atom stereocenters. The second-order valence-corrected chi connectivity index (χ2v) is 5.50. The van der Waals surface area contributed by atoms with E-state index in [-0.39, 0.29) is 11.9 Å². The van der Waals surface area contributed by atoms with E-state index in [4.69, 9.17) is 9.47 Å². The molecular weight excluding hydrogens is 288 g/mol. The molecule has 0 bridgehead atoms. The van der Waals surface area contributed by atoms with Gasteiger partial charge in [0.15, 0.2) is 0 Å². The van der Waals surface area contributed by atoms with Gasteiger partial charge in [0.1, 0.15) is 5.75 Å². The lowest BCUT2D eigenvalue weighted by molar-refractivity contribution is -0.143. The number of hydrogen-bond donors (Lipinski definition) is 0. The summed E-state index contributed by atoms with van der Waals surface area (Å²) in [6.45, 7) is 7.23. The van der Waals surface area contributed by atoms with Gasteiger partial charge >= 0.3 is 5.97 Å². The number of hydrogen-bond acceptors (Lipinski definition) is 3. The molecule has 0 saturated heterocycles. The Morgan fingerprint density at radius 1 is 1.09 bits per heavy atom. The molecule has 0 aromatic heterocycles. The minimum absolute atomic E-state index is 0.126. The van der Waals surface area contributed by atoms with Crippen molar-refractivity contribution >= 4 is 5.97 Å². The number of esters is 1. The number of ether oxygens (including phenoxy) is 2. The van der Waals surface area contributed by atoms with E-state index in [0.717, 1.165) is 43.6 Å². The van der Waals surface area contributed by atoms with Crippen molar-refractivity contribution in [2.24, 2.45) is 0 Å². The van der Waals surface area contributed by atoms with E-state index in [0.29, 0.717) is 13.0 Å². The molecule has 0 radical (unpaired) electrons. The molecule has 0 aliphatic carbocycles. The van der Waals surface area contributed by atoms with Crippen LogP contribution in [0.3, 0.4) is 0 Å². The Hall–Kier alpha value is -1.95. The van der Waals surface area contributed by atoms with Crippen molar-refractivity contribution in [1.29, 1.82) is 0 Å². The van der Waals surface area contributed by atoms with Gasteiger partial charge < -0.3 is 9.47 Å². The lowest BCUT2D eigenvalue weighted by Crippen LogP contribution is -2.10. The molecule has 1 aromatic rings. The highest BCUT2D eigenvalue weighted by Crippen LogP contribution is 2.23. The van der Waals surface area contributed by atoms with Crippen LogP contribution in [0.15, 0.2) is 24.3 Å². The molecule has 3 heteroatoms. The number of rotatable bonds is 10. The van der Waals surface area contributed by atoms with Gasteiger partial charge in [-0.25, -0.2) is 0 Å². The zero-order chi connectivity index (χ0) is 16.9. The normalized spacial score (nSPS) is 11.3. The number of benzene rings is 1. The molecule has 0 heterocycles. The first-order valence-corrected chi connectivity index (χ1v) is 8.51. The molecule has 23 heavy (non-hydrogen) atoms. The van der Waals surface area contributed by atoms with E-state index in [1.54, 1.807) is 6.92 Å². The summed E-state index contributed by atoms with van der Waals surface area (Å²) in [5.41, 5.74) is 1.02. The van der Waals surface area contributed by atoms with Crippen LogP contribution in [-0.4, -0.2) is 19.2 Å². The molecule has 0 aliphatic heterocycles. The fourth-order valence-electron chi connectivity index (χ4n) is 2.11. The van der Waals surface area contributed by atoms with Crippen molar-refractivity contribution in [3.8, 4) is 17.6 Å². The molecule has 0 N–H and O–H groups in total. The summed E-state index contributed by atoms with van der Waals surface area (Å²) in [4.78, 5) is 11.9. The van der Waals surface area contributed by atoms with E-state index in [2.05, 4.69) is 25.7 Å². The Labute approximate surface area is 140 Å². The van der Waals surface area contributed by atoms with Gasteiger partial charge in [-0.3, -0.25) is 4.79 Å². The van der Waals surface area contributed by atoms with Gasteiger partial charge in [-0.15, -0.1) is 5.92 Å². The predicted molar refractivity (Wildman–Crippen MR) is 93.5 cm³/mol. The van der Waals surface area contributed by atoms with Crippen LogP contribution in [0.5, 0.6) is 5.75 Å². The van der Waals surface area contributed by atoms with Crippen LogP contribution in [0.4, 0.5) is 0 Å². The van der Waals surface area contributed by atoms with Gasteiger partial charge in [-0.2, -0.15) is 0 Å². The monoisotopic (exact) mass is 316 g/mol. The van der Waals surface area contributed by atoms with Crippen LogP contribution >= 0.6 is 0 Å². The van der Waals surface area contributed by atoms with E-state index < -0.39 is 0 Å². The highest BCUT2D eigenvalue weighted by atomic mass is 16.5. The van der Waals surface area contributed by atoms with Crippen LogP contribution in [-0.2, 0) is 9.53 Å². The van der Waals surface area contributed by atoms with Crippen LogP contribution in [0, 0.1) is 11.8 Å². The van der Waals surface area contributed by atoms with E-state index in [9.17, 15) is 4.79 Å². The fourth-order valence-corrected chi connectivity index (χ4v) is 2.11. The van der Waals surface area contributed by atoms with Gasteiger partial charge in [0, 0.05) is 0 Å². The standard InChI is InChI=1S/C20H28O3/c1-4-7-14-22-19-12-10-17(11-13-19)18(9-6-3)16-20(21)23-15-8-5-2/h10-13,18H,4-5,7-8,14-16H2,1-3H3. The van der Waals surface area contributed by atoms with E-state index in [1.165, 1.54) is 0 Å². The SMILES string of the molecule is CC#CC(CC(=O)OCCCC)c1ccc(OCCCC)cc1. The van der Waals surface area contributed by atoms with Crippen LogP contribution in [0.1, 0.15) is 64.4 Å². The largest absolute Gasteiger partial charge is 0.494 e. The predicted octanol–water partition coefficient (Wildman–Crippen LogP) is 4.71. The maximum atomic E-state index is 11.9. The van der Waals surface area contributed by atoms with Gasteiger partial charge in [0.2, 0.25) is 0 Å². The van der Waals surface area contributed by atoms with Crippen molar-refractivity contribution in [2.75, 3.05) is 13.2 Å². The third-order valence-electron chi connectivity index (χ3n) is 3.50. The quantitative estimate of drug-likeness (QED) is 0.356. The Morgan fingerprint density at radius 2 is 1.74 bits per heavy atom. The molecular formula is C20H28O3. The zero-order valence-corrected chi connectivity index (χ0v) is 14.6. The maximum Gasteiger partial charge on any atom is 0.307 e.